The van der Waals surface area contributed by atoms with Crippen LogP contribution in [0.25, 0.3) is 0 Å². The quantitative estimate of drug-likeness (QED) is 0.820. The van der Waals surface area contributed by atoms with Gasteiger partial charge in [-0.1, -0.05) is 11.6 Å². The van der Waals surface area contributed by atoms with Crippen molar-refractivity contribution in [3.8, 4) is 0 Å². The van der Waals surface area contributed by atoms with Crippen LogP contribution in [0.4, 0.5) is 0 Å². The smallest absolute Gasteiger partial charge is 0.0918 e. The average molecular weight is 207 g/mol. The number of hydrogen-bond acceptors (Lipinski definition) is 3. The molecule has 2 nitrogen and oxygen atoms in total. The van der Waals surface area contributed by atoms with Crippen LogP contribution in [0.3, 0.4) is 0 Å². The van der Waals surface area contributed by atoms with Crippen molar-refractivity contribution in [3.63, 3.8) is 0 Å². The minimum atomic E-state index is -0.488. The van der Waals surface area contributed by atoms with Crippen molar-refractivity contribution in [2.45, 2.75) is 12.5 Å². The number of aliphatic hydroxyl groups is 1. The van der Waals surface area contributed by atoms with E-state index in [1.807, 2.05) is 5.38 Å². The SMILES string of the molecule is COCCC(O)c1sccc1Cl. The van der Waals surface area contributed by atoms with Gasteiger partial charge in [0.25, 0.3) is 0 Å². The van der Waals surface area contributed by atoms with Gasteiger partial charge in [-0.05, 0) is 11.4 Å². The van der Waals surface area contributed by atoms with E-state index in [9.17, 15) is 5.11 Å². The highest BCUT2D eigenvalue weighted by Crippen LogP contribution is 2.30. The van der Waals surface area contributed by atoms with Crippen LogP contribution in [-0.4, -0.2) is 18.8 Å². The summed E-state index contributed by atoms with van der Waals surface area (Å²) < 4.78 is 4.85. The highest BCUT2D eigenvalue weighted by Gasteiger charge is 2.11. The van der Waals surface area contributed by atoms with E-state index in [-0.39, 0.29) is 0 Å². The third kappa shape index (κ3) is 2.45. The van der Waals surface area contributed by atoms with Gasteiger partial charge in [-0.25, -0.2) is 0 Å². The molecule has 68 valence electrons. The normalized spacial score (nSPS) is 13.2. The fourth-order valence-corrected chi connectivity index (χ4v) is 2.11. The van der Waals surface area contributed by atoms with Gasteiger partial charge in [0.05, 0.1) is 16.0 Å². The lowest BCUT2D eigenvalue weighted by Gasteiger charge is -2.07. The van der Waals surface area contributed by atoms with Gasteiger partial charge < -0.3 is 9.84 Å². The molecule has 1 atom stereocenters. The molecule has 4 heteroatoms. The zero-order chi connectivity index (χ0) is 8.97. The van der Waals surface area contributed by atoms with E-state index in [0.717, 1.165) is 4.88 Å². The zero-order valence-corrected chi connectivity index (χ0v) is 8.36. The summed E-state index contributed by atoms with van der Waals surface area (Å²) in [5.41, 5.74) is 0. The number of aliphatic hydroxyl groups excluding tert-OH is 1. The highest BCUT2D eigenvalue weighted by molar-refractivity contribution is 7.10. The number of halogens is 1. The van der Waals surface area contributed by atoms with Crippen molar-refractivity contribution in [1.29, 1.82) is 0 Å². The molecular weight excluding hydrogens is 196 g/mol. The van der Waals surface area contributed by atoms with Gasteiger partial charge in [0, 0.05) is 20.1 Å². The summed E-state index contributed by atoms with van der Waals surface area (Å²) in [4.78, 5) is 0.828. The largest absolute Gasteiger partial charge is 0.387 e. The van der Waals surface area contributed by atoms with Crippen LogP contribution in [-0.2, 0) is 4.74 Å². The van der Waals surface area contributed by atoms with E-state index in [1.54, 1.807) is 13.2 Å². The monoisotopic (exact) mass is 206 g/mol. The van der Waals surface area contributed by atoms with Crippen LogP contribution in [0.15, 0.2) is 11.4 Å². The Kier molecular flexibility index (Phi) is 4.01. The van der Waals surface area contributed by atoms with Crippen LogP contribution in [0.2, 0.25) is 5.02 Å². The lowest BCUT2D eigenvalue weighted by molar-refractivity contribution is 0.113. The lowest BCUT2D eigenvalue weighted by Crippen LogP contribution is -1.99. The van der Waals surface area contributed by atoms with Crippen LogP contribution < -0.4 is 0 Å². The molecule has 0 aromatic carbocycles. The maximum absolute atomic E-state index is 9.57. The summed E-state index contributed by atoms with van der Waals surface area (Å²) >= 11 is 7.29. The first-order valence-electron chi connectivity index (χ1n) is 3.65. The molecule has 1 unspecified atom stereocenters. The molecule has 0 aliphatic rings. The summed E-state index contributed by atoms with van der Waals surface area (Å²) in [6, 6.07) is 1.79. The Balaban J connectivity index is 2.52. The van der Waals surface area contributed by atoms with E-state index in [4.69, 9.17) is 16.3 Å². The van der Waals surface area contributed by atoms with E-state index < -0.39 is 6.10 Å². The van der Waals surface area contributed by atoms with Gasteiger partial charge in [0.15, 0.2) is 0 Å². The number of thiophene rings is 1. The topological polar surface area (TPSA) is 29.5 Å². The van der Waals surface area contributed by atoms with Crippen LogP contribution >= 0.6 is 22.9 Å². The van der Waals surface area contributed by atoms with Gasteiger partial charge >= 0.3 is 0 Å². The fraction of sp³-hybridized carbons (Fsp3) is 0.500. The second-order valence-electron chi connectivity index (χ2n) is 2.43. The van der Waals surface area contributed by atoms with Gasteiger partial charge in [0.1, 0.15) is 0 Å². The average Bonchev–Trinajstić information content (AvgIpc) is 2.47. The van der Waals surface area contributed by atoms with Crippen LogP contribution in [0.5, 0.6) is 0 Å². The Morgan fingerprint density at radius 3 is 3.00 bits per heavy atom. The standard InChI is InChI=1S/C8H11ClO2S/c1-11-4-2-7(10)8-6(9)3-5-12-8/h3,5,7,10H,2,4H2,1H3. The summed E-state index contributed by atoms with van der Waals surface area (Å²) in [6.45, 7) is 0.551. The highest BCUT2D eigenvalue weighted by atomic mass is 35.5. The lowest BCUT2D eigenvalue weighted by atomic mass is 10.2. The molecule has 1 rings (SSSR count). The van der Waals surface area contributed by atoms with Crippen molar-refractivity contribution in [2.24, 2.45) is 0 Å². The molecule has 1 aromatic rings. The van der Waals surface area contributed by atoms with E-state index >= 15 is 0 Å². The maximum Gasteiger partial charge on any atom is 0.0918 e. The van der Waals surface area contributed by atoms with Crippen molar-refractivity contribution >= 4 is 22.9 Å². The molecule has 0 radical (unpaired) electrons. The van der Waals surface area contributed by atoms with Crippen molar-refractivity contribution in [1.82, 2.24) is 0 Å². The van der Waals surface area contributed by atoms with Gasteiger partial charge in [0.2, 0.25) is 0 Å². The summed E-state index contributed by atoms with van der Waals surface area (Å²) in [5, 5.41) is 12.1. The van der Waals surface area contributed by atoms with E-state index in [0.29, 0.717) is 18.1 Å². The first-order valence-corrected chi connectivity index (χ1v) is 4.91. The molecular formula is C8H11ClO2S. The minimum Gasteiger partial charge on any atom is -0.387 e. The van der Waals surface area contributed by atoms with E-state index in [1.165, 1.54) is 11.3 Å². The molecule has 0 aliphatic heterocycles. The first-order chi connectivity index (χ1) is 5.75. The first kappa shape index (κ1) is 9.99. The third-order valence-electron chi connectivity index (χ3n) is 1.54. The maximum atomic E-state index is 9.57. The molecule has 0 aliphatic carbocycles. The van der Waals surface area contributed by atoms with E-state index in [2.05, 4.69) is 0 Å². The summed E-state index contributed by atoms with van der Waals surface area (Å²) in [6.07, 6.45) is 0.106. The molecule has 12 heavy (non-hydrogen) atoms. The molecule has 1 N–H and O–H groups in total. The summed E-state index contributed by atoms with van der Waals surface area (Å²) in [7, 11) is 1.61. The van der Waals surface area contributed by atoms with Crippen molar-refractivity contribution in [2.75, 3.05) is 13.7 Å². The van der Waals surface area contributed by atoms with Crippen LogP contribution in [0.1, 0.15) is 17.4 Å². The Morgan fingerprint density at radius 2 is 2.50 bits per heavy atom. The zero-order valence-electron chi connectivity index (χ0n) is 6.79. The number of rotatable bonds is 4. The van der Waals surface area contributed by atoms with Crippen LogP contribution in [0, 0.1) is 0 Å². The van der Waals surface area contributed by atoms with Crippen molar-refractivity contribution in [3.05, 3.63) is 21.3 Å². The molecule has 1 heterocycles. The molecule has 0 amide bonds. The molecule has 0 saturated heterocycles. The molecule has 0 spiro atoms. The molecule has 0 bridgehead atoms. The Labute approximate surface area is 80.7 Å². The Hall–Kier alpha value is -0.0900. The summed E-state index contributed by atoms with van der Waals surface area (Å²) in [5.74, 6) is 0. The predicted molar refractivity (Wildman–Crippen MR) is 50.8 cm³/mol. The number of methoxy groups -OCH3 is 1. The van der Waals surface area contributed by atoms with Gasteiger partial charge in [-0.3, -0.25) is 0 Å². The minimum absolute atomic E-state index is 0.488. The van der Waals surface area contributed by atoms with Gasteiger partial charge in [-0.15, -0.1) is 11.3 Å². The molecule has 1 aromatic heterocycles. The second-order valence-corrected chi connectivity index (χ2v) is 3.78. The molecule has 0 fully saturated rings. The molecule has 0 saturated carbocycles. The van der Waals surface area contributed by atoms with Crippen molar-refractivity contribution < 1.29 is 9.84 Å². The number of ether oxygens (including phenoxy) is 1. The second kappa shape index (κ2) is 4.82. The number of hydrogen-bond donors (Lipinski definition) is 1. The fourth-order valence-electron chi connectivity index (χ4n) is 0.904. The Morgan fingerprint density at radius 1 is 1.75 bits per heavy atom. The third-order valence-corrected chi connectivity index (χ3v) is 3.00. The van der Waals surface area contributed by atoms with Gasteiger partial charge in [-0.2, -0.15) is 0 Å². The predicted octanol–water partition coefficient (Wildman–Crippen LogP) is 2.47. The Bertz CT molecular complexity index is 237.